The zero-order valence-electron chi connectivity index (χ0n) is 27.3. The molecule has 0 unspecified atom stereocenters. The SMILES string of the molecule is CCCC[Si](C)(C)O[Si](C)(C)CC[Si](O[Si](C)(C)C)(O[Si](C)(C)C)O[Si](C)(C)C.CCO[Si](=O)OCC. The van der Waals surface area contributed by atoms with Crippen molar-refractivity contribution >= 4 is 59.6 Å². The second kappa shape index (κ2) is 16.9. The van der Waals surface area contributed by atoms with Crippen LogP contribution in [0.25, 0.3) is 0 Å². The van der Waals surface area contributed by atoms with Crippen LogP contribution in [0.3, 0.4) is 0 Å². The fraction of sp³-hybridized carbons (Fsp3) is 1.00. The van der Waals surface area contributed by atoms with E-state index < -0.39 is 59.6 Å². The monoisotopic (exact) mass is 646 g/mol. The molecule has 0 saturated carbocycles. The number of unbranched alkanes of at least 4 members (excludes halogenated alkanes) is 1. The first-order valence-corrected chi connectivity index (χ1v) is 33.6. The van der Waals surface area contributed by atoms with Gasteiger partial charge in [0.1, 0.15) is 0 Å². The van der Waals surface area contributed by atoms with Crippen molar-refractivity contribution in [2.75, 3.05) is 13.2 Å². The van der Waals surface area contributed by atoms with Gasteiger partial charge in [0.05, 0.1) is 13.2 Å². The van der Waals surface area contributed by atoms with Crippen LogP contribution in [-0.4, -0.2) is 72.8 Å². The maximum atomic E-state index is 10.4. The van der Waals surface area contributed by atoms with Crippen molar-refractivity contribution in [3.8, 4) is 0 Å². The summed E-state index contributed by atoms with van der Waals surface area (Å²) in [6.45, 7) is 36.6. The van der Waals surface area contributed by atoms with Gasteiger partial charge in [0.25, 0.3) is 0 Å². The summed E-state index contributed by atoms with van der Waals surface area (Å²) in [6.07, 6.45) is 2.52. The zero-order chi connectivity index (χ0) is 29.8. The molecule has 0 fully saturated rings. The molecule has 0 aliphatic rings. The van der Waals surface area contributed by atoms with Crippen LogP contribution >= 0.6 is 0 Å². The first-order valence-electron chi connectivity index (χ1n) is 14.0. The van der Waals surface area contributed by atoms with Gasteiger partial charge in [-0.15, -0.1) is 0 Å². The Labute approximate surface area is 238 Å². The predicted octanol–water partition coefficient (Wildman–Crippen LogP) is 8.18. The van der Waals surface area contributed by atoms with Crippen LogP contribution in [0, 0.1) is 0 Å². The highest BCUT2D eigenvalue weighted by atomic mass is 28.5. The second-order valence-corrected chi connectivity index (χ2v) is 40.6. The Bertz CT molecular complexity index is 594. The fourth-order valence-corrected chi connectivity index (χ4v) is 30.0. The summed E-state index contributed by atoms with van der Waals surface area (Å²) in [7, 11) is -13.8. The van der Waals surface area contributed by atoms with Gasteiger partial charge < -0.3 is 25.3 Å². The van der Waals surface area contributed by atoms with E-state index in [0.29, 0.717) is 13.2 Å². The number of rotatable bonds is 18. The van der Waals surface area contributed by atoms with E-state index in [0.717, 1.165) is 12.1 Å². The fourth-order valence-electron chi connectivity index (χ4n) is 3.80. The van der Waals surface area contributed by atoms with Gasteiger partial charge in [-0.1, -0.05) is 19.8 Å². The maximum Gasteiger partial charge on any atom is 0.767 e. The van der Waals surface area contributed by atoms with Gasteiger partial charge in [-0.3, -0.25) is 4.46 Å². The van der Waals surface area contributed by atoms with E-state index >= 15 is 0 Å². The molecule has 0 saturated heterocycles. The lowest BCUT2D eigenvalue weighted by atomic mass is 10.4. The summed E-state index contributed by atoms with van der Waals surface area (Å²) in [5.74, 6) is 0. The number of hydrogen-bond donors (Lipinski definition) is 0. The smallest absolute Gasteiger partial charge is 0.496 e. The molecular weight excluding hydrogens is 585 g/mol. The van der Waals surface area contributed by atoms with Gasteiger partial charge in [0, 0.05) is 6.04 Å². The van der Waals surface area contributed by atoms with E-state index in [1.165, 1.54) is 18.9 Å². The topological polar surface area (TPSA) is 72.5 Å². The molecule has 0 rings (SSSR count). The highest BCUT2D eigenvalue weighted by Crippen LogP contribution is 2.33. The van der Waals surface area contributed by atoms with E-state index in [1.54, 1.807) is 13.8 Å². The summed E-state index contributed by atoms with van der Waals surface area (Å²) in [5.41, 5.74) is 0. The molecule has 0 radical (unpaired) electrons. The van der Waals surface area contributed by atoms with Crippen LogP contribution in [0.5, 0.6) is 0 Å². The minimum Gasteiger partial charge on any atom is -0.496 e. The van der Waals surface area contributed by atoms with Crippen LogP contribution in [0.4, 0.5) is 0 Å². The lowest BCUT2D eigenvalue weighted by Gasteiger charge is -2.44. The molecule has 7 nitrogen and oxygen atoms in total. The van der Waals surface area contributed by atoms with Crippen LogP contribution < -0.4 is 0 Å². The van der Waals surface area contributed by atoms with Crippen LogP contribution in [0.1, 0.15) is 33.6 Å². The van der Waals surface area contributed by atoms with Gasteiger partial charge in [-0.2, -0.15) is 0 Å². The number of hydrogen-bond acceptors (Lipinski definition) is 7. The third-order valence-electron chi connectivity index (χ3n) is 4.63. The van der Waals surface area contributed by atoms with Crippen molar-refractivity contribution in [1.29, 1.82) is 0 Å². The Kier molecular flexibility index (Phi) is 18.2. The van der Waals surface area contributed by atoms with E-state index in [9.17, 15) is 4.46 Å². The summed E-state index contributed by atoms with van der Waals surface area (Å²) in [5, 5.41) is 0. The van der Waals surface area contributed by atoms with E-state index in [-0.39, 0.29) is 0 Å². The lowest BCUT2D eigenvalue weighted by molar-refractivity contribution is 0.183. The van der Waals surface area contributed by atoms with Gasteiger partial charge >= 0.3 is 18.0 Å². The molecule has 0 bridgehead atoms. The maximum absolute atomic E-state index is 10.4. The van der Waals surface area contributed by atoms with E-state index in [1.807, 2.05) is 0 Å². The van der Waals surface area contributed by atoms with Crippen LogP contribution in [0.2, 0.25) is 103 Å². The molecule has 0 aliphatic carbocycles. The summed E-state index contributed by atoms with van der Waals surface area (Å²) < 4.78 is 47.0. The molecule has 37 heavy (non-hydrogen) atoms. The first kappa shape index (κ1) is 39.9. The molecule has 14 heteroatoms. The highest BCUT2D eigenvalue weighted by Gasteiger charge is 2.51. The average molecular weight is 647 g/mol. The van der Waals surface area contributed by atoms with E-state index in [2.05, 4.69) is 101 Å². The van der Waals surface area contributed by atoms with Crippen molar-refractivity contribution in [2.45, 2.75) is 137 Å². The zero-order valence-corrected chi connectivity index (χ0v) is 34.3. The summed E-state index contributed by atoms with van der Waals surface area (Å²) in [6, 6.07) is 3.22. The molecule has 0 aromatic rings. The van der Waals surface area contributed by atoms with Crippen LogP contribution in [-0.2, 0) is 29.8 Å². The Balaban J connectivity index is 0. The van der Waals surface area contributed by atoms with Crippen molar-refractivity contribution < 1.29 is 29.8 Å². The Morgan fingerprint density at radius 3 is 1.16 bits per heavy atom. The third-order valence-corrected chi connectivity index (χ3v) is 25.6. The molecular formula is C23H62O7Si7. The van der Waals surface area contributed by atoms with Crippen molar-refractivity contribution in [2.24, 2.45) is 0 Å². The molecule has 0 atom stereocenters. The molecule has 0 N–H and O–H groups in total. The largest absolute Gasteiger partial charge is 0.767 e. The molecule has 0 aromatic carbocycles. The Hall–Kier alpha value is 0.758. The van der Waals surface area contributed by atoms with Gasteiger partial charge in [0.15, 0.2) is 41.6 Å². The molecule has 0 heterocycles. The first-order chi connectivity index (χ1) is 16.4. The Morgan fingerprint density at radius 2 is 0.865 bits per heavy atom. The average Bonchev–Trinajstić information content (AvgIpc) is 2.61. The quantitative estimate of drug-likeness (QED) is 0.139. The second-order valence-electron chi connectivity index (χ2n) is 13.7. The van der Waals surface area contributed by atoms with Crippen LogP contribution in [0.15, 0.2) is 0 Å². The standard InChI is InChI=1S/C19H52O4Si6.C4H10O3Si/c1-15-16-17-27(11,12)23-28(13,14)18-19-29(20-24(2,3)4,21-25(5,6)7)22-26(8,9)10;1-3-6-8(5)7-4-2/h15-19H2,1-14H3;3-4H2,1-2H3. The highest BCUT2D eigenvalue weighted by molar-refractivity contribution is 6.91. The van der Waals surface area contributed by atoms with Gasteiger partial charge in [0.2, 0.25) is 0 Å². The summed E-state index contributed by atoms with van der Waals surface area (Å²) >= 11 is 0. The molecule has 224 valence electrons. The molecule has 0 amide bonds. The third kappa shape index (κ3) is 24.3. The minimum absolute atomic E-state index is 0.456. The van der Waals surface area contributed by atoms with Crippen molar-refractivity contribution in [3.63, 3.8) is 0 Å². The molecule has 0 aliphatic heterocycles. The predicted molar refractivity (Wildman–Crippen MR) is 174 cm³/mol. The van der Waals surface area contributed by atoms with E-state index in [4.69, 9.17) is 16.5 Å². The minimum atomic E-state index is -2.76. The van der Waals surface area contributed by atoms with Gasteiger partial charge in [-0.05, 0) is 111 Å². The van der Waals surface area contributed by atoms with Crippen molar-refractivity contribution in [3.05, 3.63) is 0 Å². The molecule has 0 spiro atoms. The molecule has 0 aromatic heterocycles. The Morgan fingerprint density at radius 1 is 0.514 bits per heavy atom. The van der Waals surface area contributed by atoms with Crippen molar-refractivity contribution in [1.82, 2.24) is 0 Å². The lowest BCUT2D eigenvalue weighted by Crippen LogP contribution is -2.61. The summed E-state index contributed by atoms with van der Waals surface area (Å²) in [4.78, 5) is 0. The normalized spacial score (nSPS) is 13.6. The van der Waals surface area contributed by atoms with Gasteiger partial charge in [-0.25, -0.2) is 0 Å².